The van der Waals surface area contributed by atoms with Gasteiger partial charge in [-0.15, -0.1) is 11.8 Å². The molecule has 160 valence electrons. The Kier molecular flexibility index (Phi) is 7.00. The second-order valence-corrected chi connectivity index (χ2v) is 8.99. The van der Waals surface area contributed by atoms with Gasteiger partial charge in [0.05, 0.1) is 6.26 Å². The highest BCUT2D eigenvalue weighted by Crippen LogP contribution is 2.26. The maximum absolute atomic E-state index is 13.0. The fourth-order valence-electron chi connectivity index (χ4n) is 4.08. The summed E-state index contributed by atoms with van der Waals surface area (Å²) in [6.45, 7) is 2.17. The highest BCUT2D eigenvalue weighted by atomic mass is 32.2. The van der Waals surface area contributed by atoms with Crippen LogP contribution in [0.4, 0.5) is 4.79 Å². The van der Waals surface area contributed by atoms with E-state index in [1.807, 2.05) is 29.2 Å². The molecule has 30 heavy (non-hydrogen) atoms. The van der Waals surface area contributed by atoms with Crippen LogP contribution < -0.4 is 5.32 Å². The van der Waals surface area contributed by atoms with Crippen molar-refractivity contribution < 1.29 is 14.0 Å². The SMILES string of the molecule is O=C(NC1CCCCC1)N1CCN(C(=O)c2occc2CSc2ccccc2)CC1. The molecule has 7 heteroatoms. The van der Waals surface area contributed by atoms with Crippen LogP contribution in [0.1, 0.15) is 48.2 Å². The van der Waals surface area contributed by atoms with Crippen molar-refractivity contribution in [2.75, 3.05) is 26.2 Å². The molecule has 4 rings (SSSR count). The molecule has 2 fully saturated rings. The van der Waals surface area contributed by atoms with Crippen molar-refractivity contribution >= 4 is 23.7 Å². The van der Waals surface area contributed by atoms with Gasteiger partial charge >= 0.3 is 6.03 Å². The highest BCUT2D eigenvalue weighted by molar-refractivity contribution is 7.98. The Morgan fingerprint density at radius 1 is 0.967 bits per heavy atom. The minimum atomic E-state index is -0.0870. The molecule has 1 saturated carbocycles. The van der Waals surface area contributed by atoms with Gasteiger partial charge in [0.1, 0.15) is 0 Å². The van der Waals surface area contributed by atoms with E-state index in [1.165, 1.54) is 19.3 Å². The summed E-state index contributed by atoms with van der Waals surface area (Å²) in [5.41, 5.74) is 0.909. The first-order valence-corrected chi connectivity index (χ1v) is 11.8. The van der Waals surface area contributed by atoms with Crippen LogP contribution >= 0.6 is 11.8 Å². The van der Waals surface area contributed by atoms with E-state index in [0.717, 1.165) is 23.3 Å². The Hall–Kier alpha value is -2.41. The molecule has 1 aromatic carbocycles. The summed E-state index contributed by atoms with van der Waals surface area (Å²) >= 11 is 1.69. The number of urea groups is 1. The van der Waals surface area contributed by atoms with Crippen LogP contribution in [0.2, 0.25) is 0 Å². The van der Waals surface area contributed by atoms with Gasteiger partial charge in [0, 0.05) is 48.4 Å². The molecule has 1 aliphatic heterocycles. The first kappa shape index (κ1) is 20.8. The molecule has 0 radical (unpaired) electrons. The first-order chi connectivity index (χ1) is 14.7. The second-order valence-electron chi connectivity index (χ2n) is 7.94. The van der Waals surface area contributed by atoms with Crippen molar-refractivity contribution in [1.29, 1.82) is 0 Å². The molecule has 1 aromatic heterocycles. The number of carbonyl (C=O) groups excluding carboxylic acids is 2. The van der Waals surface area contributed by atoms with Gasteiger partial charge in [-0.3, -0.25) is 4.79 Å². The van der Waals surface area contributed by atoms with Crippen LogP contribution in [-0.4, -0.2) is 54.0 Å². The van der Waals surface area contributed by atoms with Gasteiger partial charge in [-0.25, -0.2) is 4.79 Å². The number of hydrogen-bond acceptors (Lipinski definition) is 4. The van der Waals surface area contributed by atoms with Crippen molar-refractivity contribution in [2.45, 2.75) is 48.8 Å². The fourth-order valence-corrected chi connectivity index (χ4v) is 4.98. The number of nitrogens with zero attached hydrogens (tertiary/aromatic N) is 2. The molecule has 0 bridgehead atoms. The molecular formula is C23H29N3O3S. The molecule has 6 nitrogen and oxygen atoms in total. The number of amides is 3. The normalized spacial score (nSPS) is 17.7. The molecule has 3 amide bonds. The number of benzene rings is 1. The maximum atomic E-state index is 13.0. The van der Waals surface area contributed by atoms with Gasteiger partial charge in [-0.1, -0.05) is 37.5 Å². The molecule has 2 aliphatic rings. The lowest BCUT2D eigenvalue weighted by Gasteiger charge is -2.35. The van der Waals surface area contributed by atoms with Crippen molar-refractivity contribution in [1.82, 2.24) is 15.1 Å². The van der Waals surface area contributed by atoms with E-state index in [0.29, 0.717) is 43.7 Å². The molecule has 1 saturated heterocycles. The zero-order chi connectivity index (χ0) is 20.8. The number of piperazine rings is 1. The number of carbonyl (C=O) groups is 2. The van der Waals surface area contributed by atoms with Crippen molar-refractivity contribution in [3.05, 3.63) is 54.0 Å². The Balaban J connectivity index is 1.28. The monoisotopic (exact) mass is 427 g/mol. The zero-order valence-corrected chi connectivity index (χ0v) is 18.0. The average molecular weight is 428 g/mol. The van der Waals surface area contributed by atoms with Crippen LogP contribution in [0, 0.1) is 0 Å². The minimum absolute atomic E-state index is 0.00643. The van der Waals surface area contributed by atoms with Crippen LogP contribution in [0.25, 0.3) is 0 Å². The summed E-state index contributed by atoms with van der Waals surface area (Å²) in [5.74, 6) is 1.01. The Morgan fingerprint density at radius 3 is 2.40 bits per heavy atom. The third-order valence-corrected chi connectivity index (χ3v) is 6.93. The summed E-state index contributed by atoms with van der Waals surface area (Å²) in [4.78, 5) is 30.3. The van der Waals surface area contributed by atoms with Crippen LogP contribution in [0.15, 0.2) is 52.0 Å². The molecule has 1 aliphatic carbocycles. The predicted molar refractivity (Wildman–Crippen MR) is 118 cm³/mol. The van der Waals surface area contributed by atoms with Gasteiger partial charge in [0.2, 0.25) is 0 Å². The number of hydrogen-bond donors (Lipinski definition) is 1. The van der Waals surface area contributed by atoms with E-state index >= 15 is 0 Å². The van der Waals surface area contributed by atoms with Gasteiger partial charge < -0.3 is 19.5 Å². The molecule has 0 spiro atoms. The second kappa shape index (κ2) is 10.1. The fraction of sp³-hybridized carbons (Fsp3) is 0.478. The number of thioether (sulfide) groups is 1. The van der Waals surface area contributed by atoms with Crippen molar-refractivity contribution in [3.63, 3.8) is 0 Å². The molecule has 2 aromatic rings. The number of nitrogens with one attached hydrogen (secondary N) is 1. The van der Waals surface area contributed by atoms with Crippen molar-refractivity contribution in [2.24, 2.45) is 0 Å². The topological polar surface area (TPSA) is 65.8 Å². The van der Waals surface area contributed by atoms with E-state index in [-0.39, 0.29) is 11.9 Å². The molecule has 0 unspecified atom stereocenters. The van der Waals surface area contributed by atoms with Gasteiger partial charge in [-0.2, -0.15) is 0 Å². The summed E-state index contributed by atoms with van der Waals surface area (Å²) < 4.78 is 5.55. The summed E-state index contributed by atoms with van der Waals surface area (Å²) in [6.07, 6.45) is 7.40. The summed E-state index contributed by atoms with van der Waals surface area (Å²) in [5, 5.41) is 3.16. The smallest absolute Gasteiger partial charge is 0.317 e. The quantitative estimate of drug-likeness (QED) is 0.720. The molecular weight excluding hydrogens is 398 g/mol. The van der Waals surface area contributed by atoms with E-state index in [9.17, 15) is 9.59 Å². The Morgan fingerprint density at radius 2 is 1.67 bits per heavy atom. The summed E-state index contributed by atoms with van der Waals surface area (Å²) in [7, 11) is 0. The lowest BCUT2D eigenvalue weighted by Crippen LogP contribution is -2.54. The van der Waals surface area contributed by atoms with E-state index in [4.69, 9.17) is 4.42 Å². The van der Waals surface area contributed by atoms with E-state index in [2.05, 4.69) is 17.4 Å². The van der Waals surface area contributed by atoms with E-state index in [1.54, 1.807) is 22.9 Å². The maximum Gasteiger partial charge on any atom is 0.317 e. The highest BCUT2D eigenvalue weighted by Gasteiger charge is 2.28. The zero-order valence-electron chi connectivity index (χ0n) is 17.2. The van der Waals surface area contributed by atoms with Crippen molar-refractivity contribution in [3.8, 4) is 0 Å². The third-order valence-electron chi connectivity index (χ3n) is 5.87. The van der Waals surface area contributed by atoms with Crippen LogP contribution in [0.3, 0.4) is 0 Å². The van der Waals surface area contributed by atoms with Gasteiger partial charge in [0.25, 0.3) is 5.91 Å². The lowest BCUT2D eigenvalue weighted by molar-refractivity contribution is 0.0630. The van der Waals surface area contributed by atoms with Crippen LogP contribution in [-0.2, 0) is 5.75 Å². The third kappa shape index (κ3) is 5.19. The van der Waals surface area contributed by atoms with Gasteiger partial charge in [-0.05, 0) is 31.0 Å². The molecule has 1 N–H and O–H groups in total. The molecule has 0 atom stereocenters. The average Bonchev–Trinajstić information content (AvgIpc) is 3.27. The predicted octanol–water partition coefficient (Wildman–Crippen LogP) is 4.37. The largest absolute Gasteiger partial charge is 0.459 e. The van der Waals surface area contributed by atoms with Crippen LogP contribution in [0.5, 0.6) is 0 Å². The summed E-state index contributed by atoms with van der Waals surface area (Å²) in [6, 6.07) is 12.3. The standard InChI is InChI=1S/C23H29N3O3S/c27-22(21-18(11-16-29-21)17-30-20-9-5-2-6-10-20)25-12-14-26(15-13-25)23(28)24-19-7-3-1-4-8-19/h2,5-6,9-11,16,19H,1,3-4,7-8,12-15,17H2,(H,24,28). The number of furan rings is 1. The lowest BCUT2D eigenvalue weighted by atomic mass is 9.96. The van der Waals surface area contributed by atoms with Gasteiger partial charge in [0.15, 0.2) is 5.76 Å². The Labute approximate surface area is 182 Å². The molecule has 2 heterocycles. The van der Waals surface area contributed by atoms with E-state index < -0.39 is 0 Å². The first-order valence-electron chi connectivity index (χ1n) is 10.8. The number of rotatable bonds is 5. The minimum Gasteiger partial charge on any atom is -0.459 e. The Bertz CT molecular complexity index is 840.